The number of esters is 2. The van der Waals surface area contributed by atoms with Crippen LogP contribution >= 0.6 is 7.82 Å². The molecule has 3 rings (SSSR count). The summed E-state index contributed by atoms with van der Waals surface area (Å²) in [5.41, 5.74) is 0. The van der Waals surface area contributed by atoms with Crippen molar-refractivity contribution in [3.05, 3.63) is 36.5 Å². The van der Waals surface area contributed by atoms with Crippen molar-refractivity contribution in [3.8, 4) is 0 Å². The number of rotatable bonds is 41. The molecule has 2 heterocycles. The molecule has 0 bridgehead atoms. The highest BCUT2D eigenvalue weighted by Gasteiger charge is 2.58. The van der Waals surface area contributed by atoms with Gasteiger partial charge < -0.3 is 89.5 Å². The van der Waals surface area contributed by atoms with E-state index in [4.69, 9.17) is 37.5 Å². The molecule has 16 unspecified atom stereocenters. The van der Waals surface area contributed by atoms with Crippen LogP contribution in [0.15, 0.2) is 36.5 Å². The Balaban J connectivity index is 1.74. The average Bonchev–Trinajstić information content (AvgIpc) is 3.55. The van der Waals surface area contributed by atoms with Gasteiger partial charge in [-0.15, -0.1) is 0 Å². The molecule has 0 spiro atoms. The molecule has 1 saturated carbocycles. The number of phosphoric acid groups is 1. The zero-order valence-corrected chi connectivity index (χ0v) is 47.3. The zero-order chi connectivity index (χ0) is 58.2. The third-order valence-corrected chi connectivity index (χ3v) is 15.3. The van der Waals surface area contributed by atoms with Crippen LogP contribution in [0.1, 0.15) is 168 Å². The smallest absolute Gasteiger partial charge is 0.458 e. The molecule has 2 aliphatic heterocycles. The Bertz CT molecular complexity index is 1720. The highest BCUT2D eigenvalue weighted by molar-refractivity contribution is 7.47. The third-order valence-electron chi connectivity index (χ3n) is 14.3. The van der Waals surface area contributed by atoms with Crippen molar-refractivity contribution in [1.29, 1.82) is 0 Å². The monoisotopic (exact) mass is 1160 g/mol. The number of ether oxygens (including phenoxy) is 6. The fourth-order valence-corrected chi connectivity index (χ4v) is 10.4. The lowest BCUT2D eigenvalue weighted by molar-refractivity contribution is -0.360. The van der Waals surface area contributed by atoms with Gasteiger partial charge in [0, 0.05) is 12.5 Å². The molecule has 0 amide bonds. The predicted molar refractivity (Wildman–Crippen MR) is 286 cm³/mol. The maximum absolute atomic E-state index is 14.0. The van der Waals surface area contributed by atoms with Gasteiger partial charge in [0.1, 0.15) is 92.1 Å². The fraction of sp³-hybridized carbons (Fsp3) is 0.855. The lowest BCUT2D eigenvalue weighted by Gasteiger charge is -2.49. The van der Waals surface area contributed by atoms with Crippen molar-refractivity contribution >= 4 is 19.8 Å². The van der Waals surface area contributed by atoms with Crippen molar-refractivity contribution in [2.45, 2.75) is 272 Å². The van der Waals surface area contributed by atoms with Crippen LogP contribution in [0.4, 0.5) is 0 Å². The van der Waals surface area contributed by atoms with E-state index in [1.54, 1.807) is 6.08 Å². The molecule has 3 fully saturated rings. The van der Waals surface area contributed by atoms with E-state index in [2.05, 4.69) is 26.0 Å². The number of allylic oxidation sites excluding steroid dienone is 5. The van der Waals surface area contributed by atoms with Crippen molar-refractivity contribution in [2.24, 2.45) is 0 Å². The van der Waals surface area contributed by atoms with E-state index in [-0.39, 0.29) is 6.42 Å². The van der Waals surface area contributed by atoms with E-state index < -0.39 is 150 Å². The number of carbonyl (C=O) groups excluding carboxylic acids is 2. The van der Waals surface area contributed by atoms with Gasteiger partial charge in [0.2, 0.25) is 0 Å². The molecule has 0 aromatic carbocycles. The second-order valence-electron chi connectivity index (χ2n) is 20.9. The summed E-state index contributed by atoms with van der Waals surface area (Å²) in [6, 6.07) is 0. The van der Waals surface area contributed by atoms with Crippen LogP contribution in [-0.2, 0) is 51.6 Å². The Kier molecular flexibility index (Phi) is 35.9. The van der Waals surface area contributed by atoms with E-state index in [0.29, 0.717) is 12.8 Å². The highest BCUT2D eigenvalue weighted by Crippen LogP contribution is 2.49. The highest BCUT2D eigenvalue weighted by atomic mass is 31.2. The summed E-state index contributed by atoms with van der Waals surface area (Å²) in [5.74, 6) is -1.61. The summed E-state index contributed by atoms with van der Waals surface area (Å²) < 4.78 is 57.8. The van der Waals surface area contributed by atoms with E-state index in [9.17, 15) is 75.2 Å². The first-order valence-electron chi connectivity index (χ1n) is 28.9. The first-order chi connectivity index (χ1) is 37.9. The summed E-state index contributed by atoms with van der Waals surface area (Å²) in [6.45, 7) is 0.851. The summed E-state index contributed by atoms with van der Waals surface area (Å²) in [6.07, 6.45) is 0.656. The Labute approximate surface area is 466 Å². The maximum Gasteiger partial charge on any atom is 0.472 e. The average molecular weight is 1160 g/mol. The lowest BCUT2D eigenvalue weighted by Crippen LogP contribution is -2.69. The molecular weight excluding hydrogens is 1060 g/mol. The second-order valence-corrected chi connectivity index (χ2v) is 22.3. The summed E-state index contributed by atoms with van der Waals surface area (Å²) in [7, 11) is -5.66. The summed E-state index contributed by atoms with van der Waals surface area (Å²) >= 11 is 0. The largest absolute Gasteiger partial charge is 0.472 e. The number of hydrogen-bond donors (Lipinski definition) is 12. The Morgan fingerprint density at radius 3 is 1.38 bits per heavy atom. The summed E-state index contributed by atoms with van der Waals surface area (Å²) in [4.78, 5) is 37.3. The molecule has 1 aliphatic carbocycles. The van der Waals surface area contributed by atoms with Crippen molar-refractivity contribution in [1.82, 2.24) is 0 Å². The van der Waals surface area contributed by atoms with Gasteiger partial charge in [-0.1, -0.05) is 147 Å². The third kappa shape index (κ3) is 26.0. The van der Waals surface area contributed by atoms with Crippen LogP contribution in [0.3, 0.4) is 0 Å². The molecule has 24 heteroatoms. The zero-order valence-electron chi connectivity index (χ0n) is 46.4. The first kappa shape index (κ1) is 70.9. The number of aliphatic hydroxyl groups excluding tert-OH is 11. The Hall–Kier alpha value is -2.33. The van der Waals surface area contributed by atoms with Crippen LogP contribution in [0.5, 0.6) is 0 Å². The van der Waals surface area contributed by atoms with Gasteiger partial charge in [-0.25, -0.2) is 9.36 Å². The van der Waals surface area contributed by atoms with Gasteiger partial charge in [-0.05, 0) is 44.9 Å². The minimum absolute atomic E-state index is 0.0723. The molecule has 0 aromatic heterocycles. The van der Waals surface area contributed by atoms with Crippen LogP contribution in [0.25, 0.3) is 0 Å². The molecule has 460 valence electrons. The molecule has 79 heavy (non-hydrogen) atoms. The second kappa shape index (κ2) is 40.0. The molecule has 12 N–H and O–H groups in total. The predicted octanol–water partition coefficient (Wildman–Crippen LogP) is 3.48. The molecule has 0 radical (unpaired) electrons. The number of hydrogen-bond acceptors (Lipinski definition) is 22. The number of carbonyl (C=O) groups is 2. The van der Waals surface area contributed by atoms with Gasteiger partial charge in [-0.2, -0.15) is 0 Å². The quantitative estimate of drug-likeness (QED) is 0.0104. The van der Waals surface area contributed by atoms with E-state index in [1.165, 1.54) is 89.5 Å². The normalized spacial score (nSPS) is 31.7. The number of aliphatic hydroxyl groups is 11. The lowest BCUT2D eigenvalue weighted by atomic mass is 9.84. The van der Waals surface area contributed by atoms with Crippen molar-refractivity contribution in [3.63, 3.8) is 0 Å². The van der Waals surface area contributed by atoms with E-state index >= 15 is 0 Å². The van der Waals surface area contributed by atoms with E-state index in [0.717, 1.165) is 57.4 Å². The SMILES string of the molecule is CCCCCCCCC=CCCCCCC(=O)OC(COC(=O)C=CC=CCCCCCCCCCCCCC)COP(=O)(O)OC1C(OC2OC(CO)C(O)C(O)C2O)C(O)C(O)C(O)C1OC1OC(CO)C(O)C(O)C1O. The van der Waals surface area contributed by atoms with Crippen LogP contribution in [0, 0.1) is 0 Å². The molecule has 0 aromatic rings. The summed E-state index contributed by atoms with van der Waals surface area (Å²) in [5, 5.41) is 116. The Morgan fingerprint density at radius 1 is 0.506 bits per heavy atom. The molecule has 3 aliphatic rings. The van der Waals surface area contributed by atoms with Gasteiger partial charge in [0.05, 0.1) is 19.8 Å². The van der Waals surface area contributed by atoms with Gasteiger partial charge >= 0.3 is 19.8 Å². The van der Waals surface area contributed by atoms with Gasteiger partial charge in [-0.3, -0.25) is 13.8 Å². The minimum atomic E-state index is -5.66. The standard InChI is InChI=1S/C55H97O23P/c1-3-5-7-9-11-13-15-17-18-20-21-23-25-27-29-31-40(58)71-35-37(73-41(59)32-30-28-26-24-22-19-16-14-12-10-8-6-4-2)36-72-79(69,70)78-53-51(76-54-49(67)44(62)42(60)38(33-56)74-54)47(65)46(64)48(66)52(53)77-55-50(68)45(63)43(61)39(34-57)75-55/h19,22,25,27,29,31,37-39,42-57,60-68H,3-18,20-21,23-24,26,28,30,32-36H2,1-2H3,(H,69,70). The van der Waals surface area contributed by atoms with Crippen molar-refractivity contribution in [2.75, 3.05) is 26.4 Å². The first-order valence-corrected chi connectivity index (χ1v) is 30.4. The topological polar surface area (TPSA) is 368 Å². The van der Waals surface area contributed by atoms with E-state index in [1.807, 2.05) is 6.08 Å². The van der Waals surface area contributed by atoms with Crippen LogP contribution < -0.4 is 0 Å². The van der Waals surface area contributed by atoms with Gasteiger partial charge in [0.25, 0.3) is 0 Å². The Morgan fingerprint density at radius 2 is 0.924 bits per heavy atom. The molecule has 16 atom stereocenters. The molecular formula is C55H97O23P. The van der Waals surface area contributed by atoms with Crippen LogP contribution in [0.2, 0.25) is 0 Å². The van der Waals surface area contributed by atoms with Crippen LogP contribution in [-0.4, -0.2) is 204 Å². The molecule has 23 nitrogen and oxygen atoms in total. The van der Waals surface area contributed by atoms with Gasteiger partial charge in [0.15, 0.2) is 18.7 Å². The molecule has 2 saturated heterocycles. The van der Waals surface area contributed by atoms with Crippen molar-refractivity contribution < 1.29 is 113 Å². The minimum Gasteiger partial charge on any atom is -0.458 e. The number of phosphoric ester groups is 1. The number of unbranched alkanes of at least 4 members (excludes halogenated alkanes) is 20. The maximum atomic E-state index is 14.0. The fourth-order valence-electron chi connectivity index (χ4n) is 9.44.